The summed E-state index contributed by atoms with van der Waals surface area (Å²) in [4.78, 5) is 11.8. The second kappa shape index (κ2) is 8.53. The standard InChI is InChI=1S/C14H21NO3/c1-3-4-9-15-10-11-18-14(16)12-7-5-6-8-13(12)17-2/h5-8,15H,3-4,9-11H2,1-2H3. The number of para-hydroxylation sites is 1. The van der Waals surface area contributed by atoms with Crippen molar-refractivity contribution in [1.82, 2.24) is 5.32 Å². The number of hydrogen-bond donors (Lipinski definition) is 1. The molecule has 0 saturated heterocycles. The molecule has 0 aliphatic rings. The minimum absolute atomic E-state index is 0.343. The number of esters is 1. The Morgan fingerprint density at radius 1 is 1.28 bits per heavy atom. The number of rotatable bonds is 8. The van der Waals surface area contributed by atoms with Crippen molar-refractivity contribution in [1.29, 1.82) is 0 Å². The van der Waals surface area contributed by atoms with Crippen LogP contribution >= 0.6 is 0 Å². The van der Waals surface area contributed by atoms with Gasteiger partial charge in [0.15, 0.2) is 0 Å². The second-order valence-corrected chi connectivity index (χ2v) is 3.94. The molecule has 0 saturated carbocycles. The maximum absolute atomic E-state index is 11.8. The summed E-state index contributed by atoms with van der Waals surface area (Å²) in [5.41, 5.74) is 0.466. The smallest absolute Gasteiger partial charge is 0.341 e. The highest BCUT2D eigenvalue weighted by Gasteiger charge is 2.12. The van der Waals surface area contributed by atoms with Crippen molar-refractivity contribution in [3.63, 3.8) is 0 Å². The van der Waals surface area contributed by atoms with Crippen molar-refractivity contribution in [2.45, 2.75) is 19.8 Å². The third-order valence-corrected chi connectivity index (χ3v) is 2.55. The van der Waals surface area contributed by atoms with E-state index in [1.807, 2.05) is 6.07 Å². The molecule has 100 valence electrons. The summed E-state index contributed by atoms with van der Waals surface area (Å²) in [6, 6.07) is 7.06. The van der Waals surface area contributed by atoms with Gasteiger partial charge in [0.25, 0.3) is 0 Å². The molecule has 1 aromatic rings. The lowest BCUT2D eigenvalue weighted by Gasteiger charge is -2.08. The van der Waals surface area contributed by atoms with Crippen molar-refractivity contribution in [3.8, 4) is 5.75 Å². The lowest BCUT2D eigenvalue weighted by atomic mass is 10.2. The highest BCUT2D eigenvalue weighted by molar-refractivity contribution is 5.92. The number of carbonyl (C=O) groups is 1. The van der Waals surface area contributed by atoms with Crippen LogP contribution in [-0.2, 0) is 4.74 Å². The van der Waals surface area contributed by atoms with E-state index >= 15 is 0 Å². The van der Waals surface area contributed by atoms with Crippen molar-refractivity contribution in [2.75, 3.05) is 26.8 Å². The maximum atomic E-state index is 11.8. The summed E-state index contributed by atoms with van der Waals surface area (Å²) in [7, 11) is 1.54. The topological polar surface area (TPSA) is 47.6 Å². The first-order valence-electron chi connectivity index (χ1n) is 6.30. The first-order valence-corrected chi connectivity index (χ1v) is 6.30. The molecular formula is C14H21NO3. The predicted molar refractivity (Wildman–Crippen MR) is 71.1 cm³/mol. The van der Waals surface area contributed by atoms with Crippen LogP contribution in [0.2, 0.25) is 0 Å². The van der Waals surface area contributed by atoms with Gasteiger partial charge in [0.1, 0.15) is 17.9 Å². The van der Waals surface area contributed by atoms with Gasteiger partial charge in [-0.25, -0.2) is 4.79 Å². The summed E-state index contributed by atoms with van der Waals surface area (Å²) in [6.07, 6.45) is 2.30. The molecule has 0 radical (unpaired) electrons. The Morgan fingerprint density at radius 3 is 2.78 bits per heavy atom. The molecular weight excluding hydrogens is 230 g/mol. The summed E-state index contributed by atoms with van der Waals surface area (Å²) in [6.45, 7) is 4.16. The summed E-state index contributed by atoms with van der Waals surface area (Å²) >= 11 is 0. The van der Waals surface area contributed by atoms with E-state index < -0.39 is 0 Å². The number of carbonyl (C=O) groups excluding carboxylic acids is 1. The van der Waals surface area contributed by atoms with Gasteiger partial charge in [0.05, 0.1) is 7.11 Å². The van der Waals surface area contributed by atoms with Gasteiger partial charge in [-0.15, -0.1) is 0 Å². The van der Waals surface area contributed by atoms with Crippen molar-refractivity contribution < 1.29 is 14.3 Å². The van der Waals surface area contributed by atoms with Gasteiger partial charge in [-0.1, -0.05) is 25.5 Å². The Hall–Kier alpha value is -1.55. The molecule has 4 heteroatoms. The highest BCUT2D eigenvalue weighted by atomic mass is 16.5. The lowest BCUT2D eigenvalue weighted by Crippen LogP contribution is -2.22. The molecule has 18 heavy (non-hydrogen) atoms. The molecule has 0 aromatic heterocycles. The quantitative estimate of drug-likeness (QED) is 0.568. The van der Waals surface area contributed by atoms with Gasteiger partial charge >= 0.3 is 5.97 Å². The molecule has 0 unspecified atom stereocenters. The van der Waals surface area contributed by atoms with Gasteiger partial charge in [-0.3, -0.25) is 0 Å². The molecule has 1 rings (SSSR count). The zero-order valence-corrected chi connectivity index (χ0v) is 11.1. The molecule has 1 N–H and O–H groups in total. The van der Waals surface area contributed by atoms with E-state index in [2.05, 4.69) is 12.2 Å². The summed E-state index contributed by atoms with van der Waals surface area (Å²) < 4.78 is 10.3. The van der Waals surface area contributed by atoms with E-state index in [0.717, 1.165) is 19.4 Å². The van der Waals surface area contributed by atoms with Crippen LogP contribution in [0.5, 0.6) is 5.75 Å². The van der Waals surface area contributed by atoms with Crippen LogP contribution in [0.25, 0.3) is 0 Å². The van der Waals surface area contributed by atoms with Crippen LogP contribution in [0.15, 0.2) is 24.3 Å². The first-order chi connectivity index (χ1) is 8.79. The average Bonchev–Trinajstić information content (AvgIpc) is 2.42. The Labute approximate surface area is 108 Å². The fraction of sp³-hybridized carbons (Fsp3) is 0.500. The van der Waals surface area contributed by atoms with Crippen LogP contribution in [0.1, 0.15) is 30.1 Å². The van der Waals surface area contributed by atoms with Crippen molar-refractivity contribution in [2.24, 2.45) is 0 Å². The largest absolute Gasteiger partial charge is 0.496 e. The van der Waals surface area contributed by atoms with Crippen LogP contribution < -0.4 is 10.1 Å². The normalized spacial score (nSPS) is 10.1. The Bertz CT molecular complexity index is 366. The summed E-state index contributed by atoms with van der Waals surface area (Å²) in [5, 5.41) is 3.21. The third kappa shape index (κ3) is 4.75. The van der Waals surface area contributed by atoms with E-state index in [9.17, 15) is 4.79 Å². The van der Waals surface area contributed by atoms with Gasteiger partial charge in [-0.2, -0.15) is 0 Å². The Kier molecular flexibility index (Phi) is 6.87. The first kappa shape index (κ1) is 14.5. The molecule has 0 bridgehead atoms. The minimum Gasteiger partial charge on any atom is -0.496 e. The van der Waals surface area contributed by atoms with E-state index in [4.69, 9.17) is 9.47 Å². The molecule has 0 amide bonds. The van der Waals surface area contributed by atoms with E-state index in [-0.39, 0.29) is 5.97 Å². The molecule has 0 atom stereocenters. The fourth-order valence-corrected chi connectivity index (χ4v) is 1.53. The molecule has 0 aliphatic heterocycles. The highest BCUT2D eigenvalue weighted by Crippen LogP contribution is 2.17. The Morgan fingerprint density at radius 2 is 2.06 bits per heavy atom. The summed E-state index contributed by atoms with van der Waals surface area (Å²) in [5.74, 6) is 0.200. The van der Waals surface area contributed by atoms with Gasteiger partial charge in [0.2, 0.25) is 0 Å². The van der Waals surface area contributed by atoms with Gasteiger partial charge < -0.3 is 14.8 Å². The molecule has 0 heterocycles. The molecule has 0 fully saturated rings. The zero-order chi connectivity index (χ0) is 13.2. The van der Waals surface area contributed by atoms with Crippen LogP contribution in [-0.4, -0.2) is 32.8 Å². The number of methoxy groups -OCH3 is 1. The van der Waals surface area contributed by atoms with E-state index in [1.165, 1.54) is 0 Å². The monoisotopic (exact) mass is 251 g/mol. The Balaban J connectivity index is 2.32. The molecule has 0 spiro atoms. The van der Waals surface area contributed by atoms with Gasteiger partial charge in [-0.05, 0) is 25.1 Å². The zero-order valence-electron chi connectivity index (χ0n) is 11.1. The van der Waals surface area contributed by atoms with Crippen molar-refractivity contribution >= 4 is 5.97 Å². The molecule has 4 nitrogen and oxygen atoms in total. The second-order valence-electron chi connectivity index (χ2n) is 3.94. The van der Waals surface area contributed by atoms with Crippen LogP contribution in [0.4, 0.5) is 0 Å². The molecule has 1 aromatic carbocycles. The predicted octanol–water partition coefficient (Wildman–Crippen LogP) is 2.24. The third-order valence-electron chi connectivity index (χ3n) is 2.55. The number of hydrogen-bond acceptors (Lipinski definition) is 4. The number of unbranched alkanes of at least 4 members (excludes halogenated alkanes) is 1. The van der Waals surface area contributed by atoms with E-state index in [0.29, 0.717) is 24.5 Å². The maximum Gasteiger partial charge on any atom is 0.341 e. The lowest BCUT2D eigenvalue weighted by molar-refractivity contribution is 0.0505. The van der Waals surface area contributed by atoms with E-state index in [1.54, 1.807) is 25.3 Å². The SMILES string of the molecule is CCCCNCCOC(=O)c1ccccc1OC. The molecule has 0 aliphatic carbocycles. The fourth-order valence-electron chi connectivity index (χ4n) is 1.53. The van der Waals surface area contributed by atoms with Gasteiger partial charge in [0, 0.05) is 6.54 Å². The average molecular weight is 251 g/mol. The minimum atomic E-state index is -0.343. The van der Waals surface area contributed by atoms with Crippen LogP contribution in [0.3, 0.4) is 0 Å². The number of nitrogens with one attached hydrogen (secondary N) is 1. The number of ether oxygens (including phenoxy) is 2. The van der Waals surface area contributed by atoms with Crippen LogP contribution in [0, 0.1) is 0 Å². The van der Waals surface area contributed by atoms with Crippen molar-refractivity contribution in [3.05, 3.63) is 29.8 Å². The number of benzene rings is 1.